The third-order valence-corrected chi connectivity index (χ3v) is 10.7. The summed E-state index contributed by atoms with van der Waals surface area (Å²) in [5, 5.41) is 0. The molecule has 0 unspecified atom stereocenters. The van der Waals surface area contributed by atoms with Crippen molar-refractivity contribution >= 4 is 0 Å². The van der Waals surface area contributed by atoms with Crippen LogP contribution in [0.3, 0.4) is 0 Å². The fraction of sp³-hybridized carbons (Fsp3) is 0.188. The van der Waals surface area contributed by atoms with Crippen LogP contribution < -0.4 is 0 Å². The summed E-state index contributed by atoms with van der Waals surface area (Å²) < 4.78 is 2.46. The first-order valence-corrected chi connectivity index (χ1v) is 18.0. The molecular formula is C48H45IrN2-. The van der Waals surface area contributed by atoms with E-state index in [1.807, 2.05) is 0 Å². The first-order chi connectivity index (χ1) is 24.4. The molecule has 1 radical (unpaired) electrons. The quantitative estimate of drug-likeness (QED) is 0.125. The second-order valence-electron chi connectivity index (χ2n) is 13.5. The first kappa shape index (κ1) is 36.0. The van der Waals surface area contributed by atoms with Gasteiger partial charge in [-0.2, -0.15) is 0 Å². The van der Waals surface area contributed by atoms with Gasteiger partial charge in [-0.1, -0.05) is 112 Å². The number of aromatic nitrogens is 2. The second-order valence-corrected chi connectivity index (χ2v) is 13.5. The molecule has 2 nitrogen and oxygen atoms in total. The van der Waals surface area contributed by atoms with Crippen molar-refractivity contribution in [3.05, 3.63) is 169 Å². The molecule has 0 spiro atoms. The van der Waals surface area contributed by atoms with Gasteiger partial charge in [0.2, 0.25) is 0 Å². The van der Waals surface area contributed by atoms with Crippen molar-refractivity contribution in [1.82, 2.24) is 9.55 Å². The van der Waals surface area contributed by atoms with Gasteiger partial charge in [-0.05, 0) is 114 Å². The van der Waals surface area contributed by atoms with Crippen LogP contribution in [0, 0.1) is 19.9 Å². The average Bonchev–Trinajstić information content (AvgIpc) is 3.61. The van der Waals surface area contributed by atoms with Crippen molar-refractivity contribution in [2.45, 2.75) is 59.3 Å². The van der Waals surface area contributed by atoms with Crippen LogP contribution in [0.1, 0.15) is 56.9 Å². The van der Waals surface area contributed by atoms with Crippen molar-refractivity contribution in [2.24, 2.45) is 0 Å². The number of hydrogen-bond acceptors (Lipinski definition) is 1. The monoisotopic (exact) mass is 842 g/mol. The second kappa shape index (κ2) is 15.6. The molecule has 51 heavy (non-hydrogen) atoms. The van der Waals surface area contributed by atoms with Crippen molar-refractivity contribution in [1.29, 1.82) is 0 Å². The van der Waals surface area contributed by atoms with Crippen LogP contribution in [0.4, 0.5) is 0 Å². The standard InChI is InChI=1S/C48H45N2.Ir/c1-6-48(7-2,8-3)45-33-49-47(50(45)46-34(4)27-41(28-35(46)5)36-19-12-9-13-20-36)40-26-18-25-39(29-40)44-31-42(37-21-14-10-15-22-37)30-43(32-44)38-23-16-11-17-24-38;/h9-25,27-33H,6-8H2,1-5H3;/q-1;. The van der Waals surface area contributed by atoms with E-state index >= 15 is 0 Å². The average molecular weight is 842 g/mol. The molecule has 7 aromatic rings. The largest absolute Gasteiger partial charge is 0.336 e. The molecule has 0 fully saturated rings. The van der Waals surface area contributed by atoms with Gasteiger partial charge in [0, 0.05) is 43.1 Å². The Balaban J connectivity index is 0.00000448. The van der Waals surface area contributed by atoms with E-state index in [-0.39, 0.29) is 25.5 Å². The van der Waals surface area contributed by atoms with Crippen molar-refractivity contribution in [3.63, 3.8) is 0 Å². The molecule has 0 saturated heterocycles. The van der Waals surface area contributed by atoms with Gasteiger partial charge in [0.1, 0.15) is 0 Å². The Bertz CT molecular complexity index is 2140. The summed E-state index contributed by atoms with van der Waals surface area (Å²) in [6, 6.07) is 53.7. The molecule has 0 atom stereocenters. The van der Waals surface area contributed by atoms with Crippen LogP contribution in [0.15, 0.2) is 146 Å². The van der Waals surface area contributed by atoms with Gasteiger partial charge in [0.05, 0.1) is 5.82 Å². The summed E-state index contributed by atoms with van der Waals surface area (Å²) in [6.45, 7) is 11.4. The van der Waals surface area contributed by atoms with Crippen LogP contribution in [0.2, 0.25) is 0 Å². The van der Waals surface area contributed by atoms with Crippen molar-refractivity contribution < 1.29 is 20.1 Å². The Morgan fingerprint density at radius 1 is 0.529 bits per heavy atom. The van der Waals surface area contributed by atoms with Crippen LogP contribution >= 0.6 is 0 Å². The third-order valence-electron chi connectivity index (χ3n) is 10.7. The van der Waals surface area contributed by atoms with Crippen molar-refractivity contribution in [3.8, 4) is 61.6 Å². The topological polar surface area (TPSA) is 17.8 Å². The van der Waals surface area contributed by atoms with Gasteiger partial charge in [-0.3, -0.25) is 4.98 Å². The number of rotatable bonds is 10. The van der Waals surface area contributed by atoms with Crippen LogP contribution in [0.5, 0.6) is 0 Å². The molecule has 1 heterocycles. The van der Waals surface area contributed by atoms with Crippen LogP contribution in [-0.4, -0.2) is 9.55 Å². The maximum atomic E-state index is 5.23. The molecule has 1 aromatic heterocycles. The number of nitrogens with zero attached hydrogens (tertiary/aromatic N) is 2. The zero-order valence-corrected chi connectivity index (χ0v) is 32.6. The summed E-state index contributed by atoms with van der Waals surface area (Å²) in [6.07, 6.45) is 5.27. The smallest absolute Gasteiger partial charge is 0.0605 e. The minimum Gasteiger partial charge on any atom is -0.336 e. The first-order valence-electron chi connectivity index (χ1n) is 18.0. The summed E-state index contributed by atoms with van der Waals surface area (Å²) in [7, 11) is 0. The van der Waals surface area contributed by atoms with E-state index < -0.39 is 0 Å². The maximum absolute atomic E-state index is 5.23. The zero-order valence-electron chi connectivity index (χ0n) is 30.2. The molecule has 0 bridgehead atoms. The summed E-state index contributed by atoms with van der Waals surface area (Å²) in [5.41, 5.74) is 15.5. The van der Waals surface area contributed by atoms with E-state index in [1.54, 1.807) is 0 Å². The van der Waals surface area contributed by atoms with Crippen molar-refractivity contribution in [2.75, 3.05) is 0 Å². The predicted octanol–water partition coefficient (Wildman–Crippen LogP) is 13.1. The fourth-order valence-corrected chi connectivity index (χ4v) is 7.71. The van der Waals surface area contributed by atoms with Crippen LogP contribution in [-0.2, 0) is 25.5 Å². The van der Waals surface area contributed by atoms with E-state index in [2.05, 4.69) is 191 Å². The Morgan fingerprint density at radius 2 is 0.961 bits per heavy atom. The molecule has 7 rings (SSSR count). The third kappa shape index (κ3) is 7.07. The normalized spacial score (nSPS) is 11.3. The number of hydrogen-bond donors (Lipinski definition) is 0. The summed E-state index contributed by atoms with van der Waals surface area (Å²) in [5.74, 6) is 0.933. The molecule has 0 aliphatic heterocycles. The predicted molar refractivity (Wildman–Crippen MR) is 212 cm³/mol. The Morgan fingerprint density at radius 3 is 1.41 bits per heavy atom. The molecule has 3 heteroatoms. The summed E-state index contributed by atoms with van der Waals surface area (Å²) in [4.78, 5) is 5.23. The molecule has 6 aromatic carbocycles. The van der Waals surface area contributed by atoms with Gasteiger partial charge in [-0.15, -0.1) is 35.4 Å². The van der Waals surface area contributed by atoms with Gasteiger partial charge in [0.15, 0.2) is 0 Å². The molecule has 0 aliphatic carbocycles. The van der Waals surface area contributed by atoms with Gasteiger partial charge in [-0.25, -0.2) is 0 Å². The summed E-state index contributed by atoms with van der Waals surface area (Å²) >= 11 is 0. The van der Waals surface area contributed by atoms with E-state index in [0.717, 1.165) is 36.2 Å². The fourth-order valence-electron chi connectivity index (χ4n) is 7.71. The Labute approximate surface area is 317 Å². The van der Waals surface area contributed by atoms with E-state index in [0.29, 0.717) is 0 Å². The molecule has 0 amide bonds. The van der Waals surface area contributed by atoms with E-state index in [1.165, 1.54) is 61.5 Å². The number of aryl methyl sites for hydroxylation is 2. The molecule has 257 valence electrons. The zero-order chi connectivity index (χ0) is 34.7. The van der Waals surface area contributed by atoms with E-state index in [4.69, 9.17) is 4.98 Å². The number of imidazole rings is 1. The molecule has 0 saturated carbocycles. The minimum absolute atomic E-state index is 0. The minimum atomic E-state index is 0. The van der Waals surface area contributed by atoms with Gasteiger partial charge >= 0.3 is 0 Å². The Hall–Kier alpha value is -4.82. The van der Waals surface area contributed by atoms with E-state index in [9.17, 15) is 0 Å². The van der Waals surface area contributed by atoms with Crippen LogP contribution in [0.25, 0.3) is 61.6 Å². The maximum Gasteiger partial charge on any atom is 0.0605 e. The van der Waals surface area contributed by atoms with Gasteiger partial charge < -0.3 is 4.57 Å². The molecular weight excluding hydrogens is 797 g/mol. The SMILES string of the molecule is CCC(CC)(CC)c1cnc(-c2[c-]ccc(-c3cc(-c4ccccc4)cc(-c4ccccc4)c3)c2)n1-c1c(C)cc(-c2ccccc2)cc1C.[Ir]. The molecule has 0 aliphatic rings. The van der Waals surface area contributed by atoms with Gasteiger partial charge in [0.25, 0.3) is 0 Å². The number of benzene rings is 6. The Kier molecular flexibility index (Phi) is 11.0. The molecule has 0 N–H and O–H groups in total.